The van der Waals surface area contributed by atoms with Gasteiger partial charge in [-0.15, -0.1) is 0 Å². The molecule has 0 spiro atoms. The number of fused-ring (bicyclic) bond motifs is 1. The molecule has 144 valence electrons. The van der Waals surface area contributed by atoms with Gasteiger partial charge in [-0.3, -0.25) is 18.7 Å². The minimum absolute atomic E-state index is 0.271. The smallest absolute Gasteiger partial charge is 0.323 e. The minimum Gasteiger partial charge on any atom is -0.323 e. The molecule has 0 aliphatic heterocycles. The molecule has 0 saturated carbocycles. The van der Waals surface area contributed by atoms with Crippen LogP contribution in [0.1, 0.15) is 18.3 Å². The predicted molar refractivity (Wildman–Crippen MR) is 87.7 cm³/mol. The van der Waals surface area contributed by atoms with Gasteiger partial charge >= 0.3 is 24.9 Å². The van der Waals surface area contributed by atoms with Crippen molar-refractivity contribution in [2.45, 2.75) is 18.9 Å². The Morgan fingerprint density at radius 1 is 1.26 bits per heavy atom. The second-order valence-corrected chi connectivity index (χ2v) is 7.63. The van der Waals surface area contributed by atoms with Gasteiger partial charge in [0.25, 0.3) is 0 Å². The second kappa shape index (κ2) is 6.19. The van der Waals surface area contributed by atoms with Crippen molar-refractivity contribution in [3.63, 3.8) is 0 Å². The maximum absolute atomic E-state index is 13.5. The number of benzene rings is 1. The zero-order valence-corrected chi connectivity index (χ0v) is 14.4. The van der Waals surface area contributed by atoms with E-state index in [1.807, 2.05) is 4.98 Å². The lowest BCUT2D eigenvalue weighted by atomic mass is 10.1. The first-order valence-electron chi connectivity index (χ1n) is 7.34. The SMILES string of the molecule is CC(n1c(=O)c(=O)[nH]c2cc(C(F)(F)F)c(-n3ccnc3)cc21)P(=O)(O)O. The van der Waals surface area contributed by atoms with Crippen LogP contribution in [-0.4, -0.2) is 28.9 Å². The van der Waals surface area contributed by atoms with Gasteiger partial charge in [0.2, 0.25) is 0 Å². The zero-order chi connectivity index (χ0) is 20.1. The lowest BCUT2D eigenvalue weighted by molar-refractivity contribution is -0.137. The Bertz CT molecular complexity index is 1180. The van der Waals surface area contributed by atoms with Gasteiger partial charge in [0.15, 0.2) is 0 Å². The van der Waals surface area contributed by atoms with Gasteiger partial charge in [0.1, 0.15) is 5.78 Å². The third kappa shape index (κ3) is 3.34. The average Bonchev–Trinajstić information content (AvgIpc) is 3.07. The molecule has 9 nitrogen and oxygen atoms in total. The molecule has 1 unspecified atom stereocenters. The molecular weight excluding hydrogens is 392 g/mol. The summed E-state index contributed by atoms with van der Waals surface area (Å²) in [5.41, 5.74) is -4.81. The molecule has 0 aliphatic carbocycles. The molecule has 2 heterocycles. The molecule has 1 atom stereocenters. The number of aromatic amines is 1. The Morgan fingerprint density at radius 2 is 1.93 bits per heavy atom. The largest absolute Gasteiger partial charge is 0.418 e. The van der Waals surface area contributed by atoms with Crippen LogP contribution in [0.2, 0.25) is 0 Å². The van der Waals surface area contributed by atoms with Gasteiger partial charge in [-0.1, -0.05) is 0 Å². The molecular formula is C14H12F3N4O5P. The molecule has 3 rings (SSSR count). The summed E-state index contributed by atoms with van der Waals surface area (Å²) in [5.74, 6) is -1.76. The van der Waals surface area contributed by atoms with E-state index >= 15 is 0 Å². The zero-order valence-electron chi connectivity index (χ0n) is 13.5. The van der Waals surface area contributed by atoms with Crippen LogP contribution in [-0.2, 0) is 10.7 Å². The van der Waals surface area contributed by atoms with Crippen LogP contribution in [0.4, 0.5) is 13.2 Å². The first-order chi connectivity index (χ1) is 12.4. The van der Waals surface area contributed by atoms with E-state index in [0.29, 0.717) is 10.6 Å². The first-order valence-corrected chi connectivity index (χ1v) is 9.02. The summed E-state index contributed by atoms with van der Waals surface area (Å²) in [6, 6.07) is 1.53. The Kier molecular flexibility index (Phi) is 4.37. The molecule has 1 aromatic carbocycles. The fraction of sp³-hybridized carbons (Fsp3) is 0.214. The summed E-state index contributed by atoms with van der Waals surface area (Å²) in [5, 5.41) is 0. The van der Waals surface area contributed by atoms with E-state index in [9.17, 15) is 37.1 Å². The van der Waals surface area contributed by atoms with Crippen LogP contribution in [0.25, 0.3) is 16.7 Å². The quantitative estimate of drug-likeness (QED) is 0.449. The summed E-state index contributed by atoms with van der Waals surface area (Å²) in [6.45, 7) is 0.996. The molecule has 0 radical (unpaired) electrons. The average molecular weight is 404 g/mol. The van der Waals surface area contributed by atoms with Crippen molar-refractivity contribution in [3.8, 4) is 5.69 Å². The molecule has 3 aromatic rings. The Balaban J connectivity index is 2.50. The van der Waals surface area contributed by atoms with Crippen LogP contribution in [0, 0.1) is 0 Å². The number of hydrogen-bond donors (Lipinski definition) is 3. The highest BCUT2D eigenvalue weighted by Gasteiger charge is 2.36. The highest BCUT2D eigenvalue weighted by atomic mass is 31.2. The summed E-state index contributed by atoms with van der Waals surface area (Å²) >= 11 is 0. The maximum atomic E-state index is 13.5. The van der Waals surface area contributed by atoms with Crippen LogP contribution in [0.5, 0.6) is 0 Å². The Labute approximate surface area is 147 Å². The van der Waals surface area contributed by atoms with Gasteiger partial charge in [-0.05, 0) is 19.1 Å². The van der Waals surface area contributed by atoms with Crippen molar-refractivity contribution in [1.29, 1.82) is 0 Å². The van der Waals surface area contributed by atoms with Crippen LogP contribution < -0.4 is 11.1 Å². The summed E-state index contributed by atoms with van der Waals surface area (Å²) in [7, 11) is -4.88. The Hall–Kier alpha value is -2.69. The topological polar surface area (TPSA) is 130 Å². The standard InChI is InChI=1S/C14H12F3N4O5P/c1-7(27(24,25)26)21-11-5-10(20-3-2-18-6-20)8(14(15,16)17)4-9(11)19-12(22)13(21)23/h2-7H,1H3,(H,19,22)(H2,24,25,26). The molecule has 27 heavy (non-hydrogen) atoms. The van der Waals surface area contributed by atoms with Gasteiger partial charge in [-0.25, -0.2) is 4.98 Å². The van der Waals surface area contributed by atoms with Gasteiger partial charge in [0, 0.05) is 12.4 Å². The number of H-pyrrole nitrogens is 1. The molecule has 0 aliphatic rings. The number of alkyl halides is 3. The number of nitrogens with one attached hydrogen (secondary N) is 1. The fourth-order valence-corrected chi connectivity index (χ4v) is 3.17. The van der Waals surface area contributed by atoms with E-state index in [4.69, 9.17) is 0 Å². The number of aromatic nitrogens is 4. The summed E-state index contributed by atoms with van der Waals surface area (Å²) in [4.78, 5) is 48.5. The van der Waals surface area contributed by atoms with E-state index in [-0.39, 0.29) is 5.52 Å². The second-order valence-electron chi connectivity index (χ2n) is 5.70. The van der Waals surface area contributed by atoms with E-state index in [2.05, 4.69) is 4.98 Å². The third-order valence-electron chi connectivity index (χ3n) is 3.98. The monoisotopic (exact) mass is 404 g/mol. The minimum atomic E-state index is -4.88. The molecule has 0 saturated heterocycles. The lowest BCUT2D eigenvalue weighted by Crippen LogP contribution is -2.38. The first kappa shape index (κ1) is 19.1. The van der Waals surface area contributed by atoms with Crippen LogP contribution in [0.15, 0.2) is 40.4 Å². The molecule has 13 heteroatoms. The number of halogens is 3. The fourth-order valence-electron chi connectivity index (χ4n) is 2.63. The number of hydrogen-bond acceptors (Lipinski definition) is 4. The number of imidazole rings is 1. The molecule has 0 bridgehead atoms. The summed E-state index contributed by atoms with van der Waals surface area (Å²) in [6.07, 6.45) is -1.24. The van der Waals surface area contributed by atoms with Crippen molar-refractivity contribution in [3.05, 3.63) is 57.1 Å². The number of nitrogens with zero attached hydrogens (tertiary/aromatic N) is 3. The van der Waals surface area contributed by atoms with Crippen molar-refractivity contribution in [1.82, 2.24) is 19.1 Å². The van der Waals surface area contributed by atoms with E-state index in [1.165, 1.54) is 12.4 Å². The van der Waals surface area contributed by atoms with Gasteiger partial charge in [0.05, 0.1) is 28.6 Å². The highest BCUT2D eigenvalue weighted by molar-refractivity contribution is 7.51. The van der Waals surface area contributed by atoms with Crippen molar-refractivity contribution >= 4 is 18.6 Å². The van der Waals surface area contributed by atoms with Gasteiger partial charge < -0.3 is 19.3 Å². The van der Waals surface area contributed by atoms with E-state index in [0.717, 1.165) is 23.9 Å². The molecule has 3 N–H and O–H groups in total. The normalized spacial score (nSPS) is 13.9. The lowest BCUT2D eigenvalue weighted by Gasteiger charge is -2.20. The highest BCUT2D eigenvalue weighted by Crippen LogP contribution is 2.48. The van der Waals surface area contributed by atoms with Crippen molar-refractivity contribution in [2.24, 2.45) is 0 Å². The van der Waals surface area contributed by atoms with E-state index < -0.39 is 47.4 Å². The molecule has 2 aromatic heterocycles. The van der Waals surface area contributed by atoms with E-state index in [1.54, 1.807) is 0 Å². The molecule has 0 amide bonds. The van der Waals surface area contributed by atoms with Gasteiger partial charge in [-0.2, -0.15) is 13.2 Å². The summed E-state index contributed by atoms with van der Waals surface area (Å²) < 4.78 is 53.6. The van der Waals surface area contributed by atoms with Crippen LogP contribution in [0.3, 0.4) is 0 Å². The third-order valence-corrected chi connectivity index (χ3v) is 5.19. The van der Waals surface area contributed by atoms with Crippen LogP contribution >= 0.6 is 7.60 Å². The molecule has 0 fully saturated rings. The number of rotatable bonds is 3. The predicted octanol–water partition coefficient (Wildman–Crippen LogP) is 1.59. The Morgan fingerprint density at radius 3 is 2.44 bits per heavy atom. The van der Waals surface area contributed by atoms with Crippen molar-refractivity contribution < 1.29 is 27.5 Å². The van der Waals surface area contributed by atoms with Crippen molar-refractivity contribution in [2.75, 3.05) is 0 Å². The maximum Gasteiger partial charge on any atom is 0.418 e.